The molecule has 0 radical (unpaired) electrons. The summed E-state index contributed by atoms with van der Waals surface area (Å²) in [5.41, 5.74) is 0.172. The van der Waals surface area contributed by atoms with Gasteiger partial charge in [0.2, 0.25) is 5.82 Å². The number of aromatic amines is 1. The summed E-state index contributed by atoms with van der Waals surface area (Å²) in [6, 6.07) is 6.40. The highest BCUT2D eigenvalue weighted by molar-refractivity contribution is 5.89. The van der Waals surface area contributed by atoms with Crippen LogP contribution < -0.4 is 10.3 Å². The Bertz CT molecular complexity index is 1020. The Morgan fingerprint density at radius 1 is 1.27 bits per heavy atom. The minimum absolute atomic E-state index is 0.166. The number of carbonyl (C=O) groups excluding carboxylic acids is 1. The molecule has 10 heteroatoms. The predicted octanol–water partition coefficient (Wildman–Crippen LogP) is 0.683. The van der Waals surface area contributed by atoms with Gasteiger partial charge in [-0.1, -0.05) is 0 Å². The van der Waals surface area contributed by atoms with Crippen LogP contribution >= 0.6 is 0 Å². The number of rotatable bonds is 6. The highest BCUT2D eigenvalue weighted by atomic mass is 16.5. The van der Waals surface area contributed by atoms with Crippen LogP contribution in [0, 0.1) is 0 Å². The van der Waals surface area contributed by atoms with E-state index < -0.39 is 23.3 Å². The van der Waals surface area contributed by atoms with E-state index in [9.17, 15) is 14.4 Å². The second kappa shape index (κ2) is 7.05. The van der Waals surface area contributed by atoms with Crippen molar-refractivity contribution in [3.63, 3.8) is 0 Å². The summed E-state index contributed by atoms with van der Waals surface area (Å²) in [6.07, 6.45) is 1.32. The van der Waals surface area contributed by atoms with Gasteiger partial charge in [0.25, 0.3) is 5.56 Å². The molecule has 0 saturated heterocycles. The Hall–Kier alpha value is -3.69. The van der Waals surface area contributed by atoms with E-state index in [-0.39, 0.29) is 24.2 Å². The van der Waals surface area contributed by atoms with Gasteiger partial charge in [-0.2, -0.15) is 5.10 Å². The minimum atomic E-state index is -1.32. The van der Waals surface area contributed by atoms with Gasteiger partial charge in [-0.25, -0.2) is 14.6 Å². The Morgan fingerprint density at radius 2 is 2.00 bits per heavy atom. The third-order valence-corrected chi connectivity index (χ3v) is 3.55. The number of ether oxygens (including phenoxy) is 2. The van der Waals surface area contributed by atoms with Crippen molar-refractivity contribution < 1.29 is 24.2 Å². The summed E-state index contributed by atoms with van der Waals surface area (Å²) < 4.78 is 11.6. The normalized spacial score (nSPS) is 10.7. The predicted molar refractivity (Wildman–Crippen MR) is 88.4 cm³/mol. The van der Waals surface area contributed by atoms with Crippen LogP contribution in [0.15, 0.2) is 35.3 Å². The molecule has 0 aliphatic rings. The number of carbonyl (C=O) groups is 2. The minimum Gasteiger partial charge on any atom is -0.492 e. The van der Waals surface area contributed by atoms with E-state index in [0.29, 0.717) is 11.3 Å². The lowest BCUT2D eigenvalue weighted by molar-refractivity contribution is 0.0599. The molecule has 1 aromatic carbocycles. The van der Waals surface area contributed by atoms with Crippen LogP contribution in [0.1, 0.15) is 21.0 Å². The summed E-state index contributed by atoms with van der Waals surface area (Å²) in [6.45, 7) is 0.452. The monoisotopic (exact) mass is 358 g/mol. The molecule has 0 aliphatic heterocycles. The molecule has 0 atom stereocenters. The van der Waals surface area contributed by atoms with Crippen molar-refractivity contribution in [3.05, 3.63) is 52.2 Å². The molecule has 26 heavy (non-hydrogen) atoms. The van der Waals surface area contributed by atoms with E-state index in [0.717, 1.165) is 0 Å². The van der Waals surface area contributed by atoms with E-state index in [2.05, 4.69) is 19.8 Å². The first kappa shape index (κ1) is 17.1. The fourth-order valence-corrected chi connectivity index (χ4v) is 2.33. The number of hydrogen-bond donors (Lipinski definition) is 2. The number of aromatic carboxylic acids is 1. The topological polar surface area (TPSA) is 136 Å². The van der Waals surface area contributed by atoms with Crippen LogP contribution in [0.4, 0.5) is 0 Å². The average molecular weight is 358 g/mol. The molecule has 0 fully saturated rings. The van der Waals surface area contributed by atoms with Gasteiger partial charge in [-0.05, 0) is 24.3 Å². The fraction of sp³-hybridized carbons (Fsp3) is 0.188. The van der Waals surface area contributed by atoms with Gasteiger partial charge >= 0.3 is 11.9 Å². The summed E-state index contributed by atoms with van der Waals surface area (Å²) >= 11 is 0. The number of methoxy groups -OCH3 is 1. The zero-order valence-corrected chi connectivity index (χ0v) is 13.6. The van der Waals surface area contributed by atoms with E-state index >= 15 is 0 Å². The summed E-state index contributed by atoms with van der Waals surface area (Å²) in [7, 11) is 1.30. The summed E-state index contributed by atoms with van der Waals surface area (Å²) in [4.78, 5) is 40.3. The molecule has 10 nitrogen and oxygen atoms in total. The smallest absolute Gasteiger partial charge is 0.372 e. The zero-order valence-electron chi connectivity index (χ0n) is 13.6. The van der Waals surface area contributed by atoms with Crippen LogP contribution in [0.25, 0.3) is 11.0 Å². The molecule has 0 aliphatic carbocycles. The molecule has 2 N–H and O–H groups in total. The lowest BCUT2D eigenvalue weighted by Gasteiger charge is -2.07. The number of fused-ring (bicyclic) bond motifs is 1. The molecule has 3 rings (SSSR count). The quantitative estimate of drug-likeness (QED) is 0.614. The fourth-order valence-electron chi connectivity index (χ4n) is 2.33. The van der Waals surface area contributed by atoms with Gasteiger partial charge < -0.3 is 14.6 Å². The molecular weight excluding hydrogens is 344 g/mol. The lowest BCUT2D eigenvalue weighted by atomic mass is 10.2. The second-order valence-electron chi connectivity index (χ2n) is 5.19. The molecule has 2 heterocycles. The first-order chi connectivity index (χ1) is 12.5. The number of nitrogens with zero attached hydrogens (tertiary/aromatic N) is 3. The first-order valence-electron chi connectivity index (χ1n) is 7.50. The molecule has 0 spiro atoms. The molecule has 0 saturated carbocycles. The van der Waals surface area contributed by atoms with E-state index in [4.69, 9.17) is 9.84 Å². The largest absolute Gasteiger partial charge is 0.492 e. The molecule has 3 aromatic rings. The number of hydrogen-bond acceptors (Lipinski definition) is 7. The van der Waals surface area contributed by atoms with Crippen LogP contribution in [0.2, 0.25) is 0 Å². The highest BCUT2D eigenvalue weighted by Gasteiger charge is 2.14. The van der Waals surface area contributed by atoms with Gasteiger partial charge in [-0.3, -0.25) is 14.5 Å². The Kier molecular flexibility index (Phi) is 4.65. The molecule has 2 aromatic heterocycles. The van der Waals surface area contributed by atoms with Crippen molar-refractivity contribution in [1.82, 2.24) is 19.7 Å². The number of benzene rings is 1. The van der Waals surface area contributed by atoms with E-state index in [1.807, 2.05) is 0 Å². The van der Waals surface area contributed by atoms with E-state index in [1.54, 1.807) is 24.3 Å². The number of H-pyrrole nitrogens is 1. The number of carboxylic acids is 1. The molecular formula is C16H14N4O6. The standard InChI is InChI=1S/C16H14N4O6/c1-25-16(24)9-2-4-10(5-3-9)26-7-6-20-12-11(8-17-20)18-13(15(22)23)19-14(12)21/h2-5,8H,6-7H2,1H3,(H,22,23)(H,18,19,21). The number of carboxylic acid groups (broad SMARTS) is 1. The van der Waals surface area contributed by atoms with Crippen LogP contribution in [0.5, 0.6) is 5.75 Å². The molecule has 0 bridgehead atoms. The van der Waals surface area contributed by atoms with Crippen molar-refractivity contribution in [2.75, 3.05) is 13.7 Å². The maximum Gasteiger partial charge on any atom is 0.372 e. The van der Waals surface area contributed by atoms with Crippen molar-refractivity contribution in [1.29, 1.82) is 0 Å². The number of nitrogens with one attached hydrogen (secondary N) is 1. The Labute approximate surface area is 146 Å². The van der Waals surface area contributed by atoms with Crippen LogP contribution in [-0.4, -0.2) is 50.5 Å². The van der Waals surface area contributed by atoms with Crippen molar-refractivity contribution in [2.45, 2.75) is 6.54 Å². The van der Waals surface area contributed by atoms with Gasteiger partial charge in [0.15, 0.2) is 5.52 Å². The van der Waals surface area contributed by atoms with Gasteiger partial charge in [0, 0.05) is 0 Å². The van der Waals surface area contributed by atoms with Crippen LogP contribution in [0.3, 0.4) is 0 Å². The third-order valence-electron chi connectivity index (χ3n) is 3.55. The Morgan fingerprint density at radius 3 is 2.65 bits per heavy atom. The summed E-state index contributed by atoms with van der Waals surface area (Å²) in [5, 5.41) is 12.9. The molecule has 0 amide bonds. The molecule has 134 valence electrons. The van der Waals surface area contributed by atoms with Crippen molar-refractivity contribution >= 4 is 23.0 Å². The summed E-state index contributed by atoms with van der Waals surface area (Å²) in [5.74, 6) is -1.67. The number of aromatic nitrogens is 4. The SMILES string of the molecule is COC(=O)c1ccc(OCCn2ncc3nc(C(=O)O)[nH]c(=O)c32)cc1. The maximum absolute atomic E-state index is 12.0. The third kappa shape index (κ3) is 3.38. The molecule has 0 unspecified atom stereocenters. The van der Waals surface area contributed by atoms with E-state index in [1.165, 1.54) is 18.0 Å². The van der Waals surface area contributed by atoms with Gasteiger partial charge in [-0.15, -0.1) is 0 Å². The zero-order chi connectivity index (χ0) is 18.7. The highest BCUT2D eigenvalue weighted by Crippen LogP contribution is 2.13. The van der Waals surface area contributed by atoms with Crippen molar-refractivity contribution in [2.24, 2.45) is 0 Å². The van der Waals surface area contributed by atoms with Gasteiger partial charge in [0.1, 0.15) is 17.9 Å². The van der Waals surface area contributed by atoms with Gasteiger partial charge in [0.05, 0.1) is 25.4 Å². The lowest BCUT2D eigenvalue weighted by Crippen LogP contribution is -2.19. The van der Waals surface area contributed by atoms with Crippen molar-refractivity contribution in [3.8, 4) is 5.75 Å². The Balaban J connectivity index is 1.69. The van der Waals surface area contributed by atoms with Crippen LogP contribution in [-0.2, 0) is 11.3 Å². The maximum atomic E-state index is 12.0. The first-order valence-corrected chi connectivity index (χ1v) is 7.50. The second-order valence-corrected chi connectivity index (χ2v) is 5.19. The number of esters is 1. The average Bonchev–Trinajstić information content (AvgIpc) is 3.05.